The number of nitrogens with one attached hydrogen (secondary N) is 1. The van der Waals surface area contributed by atoms with Crippen molar-refractivity contribution in [2.75, 3.05) is 20.6 Å². The predicted molar refractivity (Wildman–Crippen MR) is 64.9 cm³/mol. The van der Waals surface area contributed by atoms with Crippen LogP contribution >= 0.6 is 0 Å². The average molecular weight is 209 g/mol. The molecule has 0 radical (unpaired) electrons. The van der Waals surface area contributed by atoms with Crippen molar-refractivity contribution in [3.63, 3.8) is 0 Å². The zero-order valence-electron chi connectivity index (χ0n) is 10.3. The second-order valence-electron chi connectivity index (χ2n) is 4.27. The zero-order chi connectivity index (χ0) is 11.3. The van der Waals surface area contributed by atoms with Gasteiger partial charge in [0.05, 0.1) is 0 Å². The van der Waals surface area contributed by atoms with Crippen molar-refractivity contribution in [3.8, 4) is 0 Å². The number of nitrogens with zero attached hydrogens (tertiary/aromatic N) is 2. The minimum absolute atomic E-state index is 0.630. The van der Waals surface area contributed by atoms with Crippen LogP contribution in [-0.2, 0) is 13.6 Å². The average Bonchev–Trinajstić information content (AvgIpc) is 2.58. The summed E-state index contributed by atoms with van der Waals surface area (Å²) in [5, 5.41) is 3.50. The first-order valence-electron chi connectivity index (χ1n) is 5.62. The lowest BCUT2D eigenvalue weighted by molar-refractivity contribution is 0.275. The number of hydrogen-bond acceptors (Lipinski definition) is 2. The molecule has 0 aliphatic rings. The molecule has 0 aliphatic carbocycles. The van der Waals surface area contributed by atoms with Crippen LogP contribution in [0.5, 0.6) is 0 Å². The van der Waals surface area contributed by atoms with Gasteiger partial charge in [0.1, 0.15) is 0 Å². The first kappa shape index (κ1) is 12.3. The fourth-order valence-electron chi connectivity index (χ4n) is 1.74. The van der Waals surface area contributed by atoms with E-state index in [1.54, 1.807) is 0 Å². The molecule has 1 aromatic rings. The Morgan fingerprint density at radius 2 is 2.20 bits per heavy atom. The Morgan fingerprint density at radius 3 is 2.67 bits per heavy atom. The summed E-state index contributed by atoms with van der Waals surface area (Å²) >= 11 is 0. The highest BCUT2D eigenvalue weighted by molar-refractivity contribution is 5.05. The molecule has 0 amide bonds. The van der Waals surface area contributed by atoms with E-state index in [1.165, 1.54) is 12.1 Å². The lowest BCUT2D eigenvalue weighted by Gasteiger charge is -2.23. The van der Waals surface area contributed by atoms with Crippen LogP contribution in [0.1, 0.15) is 19.0 Å². The van der Waals surface area contributed by atoms with Crippen LogP contribution < -0.4 is 5.32 Å². The number of hydrogen-bond donors (Lipinski definition) is 1. The van der Waals surface area contributed by atoms with E-state index >= 15 is 0 Å². The third-order valence-electron chi connectivity index (χ3n) is 2.94. The molecule has 1 unspecified atom stereocenters. The minimum atomic E-state index is 0.630. The summed E-state index contributed by atoms with van der Waals surface area (Å²) in [7, 11) is 6.36. The summed E-state index contributed by atoms with van der Waals surface area (Å²) in [6.45, 7) is 4.23. The van der Waals surface area contributed by atoms with Gasteiger partial charge in [-0.25, -0.2) is 0 Å². The number of aromatic nitrogens is 1. The van der Waals surface area contributed by atoms with Crippen molar-refractivity contribution in [1.82, 2.24) is 14.8 Å². The standard InChI is InChI=1S/C12H23N3/c1-5-11(14(2)3)9-13-10-12-7-6-8-15(12)4/h6-8,11,13H,5,9-10H2,1-4H3. The SMILES string of the molecule is CCC(CNCc1cccn1C)N(C)C. The van der Waals surface area contributed by atoms with E-state index in [4.69, 9.17) is 0 Å². The molecule has 15 heavy (non-hydrogen) atoms. The zero-order valence-corrected chi connectivity index (χ0v) is 10.3. The maximum atomic E-state index is 3.50. The summed E-state index contributed by atoms with van der Waals surface area (Å²) in [4.78, 5) is 2.28. The van der Waals surface area contributed by atoms with Gasteiger partial charge in [0.25, 0.3) is 0 Å². The molecular formula is C12H23N3. The van der Waals surface area contributed by atoms with Crippen LogP contribution in [0.3, 0.4) is 0 Å². The lowest BCUT2D eigenvalue weighted by atomic mass is 10.2. The summed E-state index contributed by atoms with van der Waals surface area (Å²) in [5.74, 6) is 0. The summed E-state index contributed by atoms with van der Waals surface area (Å²) in [6.07, 6.45) is 3.27. The van der Waals surface area contributed by atoms with Crippen molar-refractivity contribution >= 4 is 0 Å². The molecule has 0 aromatic carbocycles. The van der Waals surface area contributed by atoms with Crippen LogP contribution in [0.25, 0.3) is 0 Å². The van der Waals surface area contributed by atoms with E-state index < -0.39 is 0 Å². The lowest BCUT2D eigenvalue weighted by Crippen LogP contribution is -2.37. The van der Waals surface area contributed by atoms with E-state index in [1.807, 2.05) is 0 Å². The molecule has 86 valence electrons. The smallest absolute Gasteiger partial charge is 0.0359 e. The van der Waals surface area contributed by atoms with E-state index in [-0.39, 0.29) is 0 Å². The molecule has 1 atom stereocenters. The van der Waals surface area contributed by atoms with Crippen LogP contribution in [0, 0.1) is 0 Å². The van der Waals surface area contributed by atoms with Gasteiger partial charge in [-0.1, -0.05) is 6.92 Å². The number of rotatable bonds is 6. The summed E-state index contributed by atoms with van der Waals surface area (Å²) < 4.78 is 2.16. The van der Waals surface area contributed by atoms with Gasteiger partial charge in [-0.15, -0.1) is 0 Å². The van der Waals surface area contributed by atoms with Crippen LogP contribution in [0.2, 0.25) is 0 Å². The first-order chi connectivity index (χ1) is 7.15. The molecule has 0 aliphatic heterocycles. The highest BCUT2D eigenvalue weighted by Gasteiger charge is 2.07. The van der Waals surface area contributed by atoms with Gasteiger partial charge in [-0.2, -0.15) is 0 Å². The maximum Gasteiger partial charge on any atom is 0.0359 e. The largest absolute Gasteiger partial charge is 0.353 e. The van der Waals surface area contributed by atoms with E-state index in [0.29, 0.717) is 6.04 Å². The fraction of sp³-hybridized carbons (Fsp3) is 0.667. The van der Waals surface area contributed by atoms with Crippen molar-refractivity contribution in [2.45, 2.75) is 25.9 Å². The van der Waals surface area contributed by atoms with E-state index in [0.717, 1.165) is 13.1 Å². The van der Waals surface area contributed by atoms with Gasteiger partial charge in [0.15, 0.2) is 0 Å². The predicted octanol–water partition coefficient (Wildman–Crippen LogP) is 1.45. The Hall–Kier alpha value is -0.800. The Balaban J connectivity index is 2.29. The molecular weight excluding hydrogens is 186 g/mol. The minimum Gasteiger partial charge on any atom is -0.353 e. The molecule has 1 aromatic heterocycles. The number of likely N-dealkylation sites (N-methyl/N-ethyl adjacent to an activating group) is 1. The third-order valence-corrected chi connectivity index (χ3v) is 2.94. The van der Waals surface area contributed by atoms with Gasteiger partial charge in [0.2, 0.25) is 0 Å². The van der Waals surface area contributed by atoms with Gasteiger partial charge >= 0.3 is 0 Å². The molecule has 1 N–H and O–H groups in total. The van der Waals surface area contributed by atoms with Crippen LogP contribution in [-0.4, -0.2) is 36.1 Å². The monoisotopic (exact) mass is 209 g/mol. The Morgan fingerprint density at radius 1 is 1.47 bits per heavy atom. The Bertz CT molecular complexity index is 278. The molecule has 3 nitrogen and oxygen atoms in total. The highest BCUT2D eigenvalue weighted by Crippen LogP contribution is 2.00. The van der Waals surface area contributed by atoms with Gasteiger partial charge in [0, 0.05) is 38.1 Å². The molecule has 1 rings (SSSR count). The summed E-state index contributed by atoms with van der Waals surface area (Å²) in [5.41, 5.74) is 1.34. The fourth-order valence-corrected chi connectivity index (χ4v) is 1.74. The second kappa shape index (κ2) is 5.93. The van der Waals surface area contributed by atoms with E-state index in [9.17, 15) is 0 Å². The van der Waals surface area contributed by atoms with Crippen molar-refractivity contribution in [2.24, 2.45) is 7.05 Å². The molecule has 0 saturated carbocycles. The van der Waals surface area contributed by atoms with Gasteiger partial charge < -0.3 is 14.8 Å². The quantitative estimate of drug-likeness (QED) is 0.765. The maximum absolute atomic E-state index is 3.50. The van der Waals surface area contributed by atoms with Gasteiger partial charge in [-0.05, 0) is 32.6 Å². The van der Waals surface area contributed by atoms with Crippen molar-refractivity contribution in [1.29, 1.82) is 0 Å². The molecule has 0 fully saturated rings. The van der Waals surface area contributed by atoms with Gasteiger partial charge in [-0.3, -0.25) is 0 Å². The second-order valence-corrected chi connectivity index (χ2v) is 4.27. The Labute approximate surface area is 93.1 Å². The first-order valence-corrected chi connectivity index (χ1v) is 5.62. The normalized spacial score (nSPS) is 13.4. The highest BCUT2D eigenvalue weighted by atomic mass is 15.1. The molecule has 3 heteroatoms. The molecule has 1 heterocycles. The van der Waals surface area contributed by atoms with E-state index in [2.05, 4.69) is 61.2 Å². The molecule has 0 bridgehead atoms. The number of aryl methyl sites for hydroxylation is 1. The molecule has 0 spiro atoms. The summed E-state index contributed by atoms with van der Waals surface area (Å²) in [6, 6.07) is 4.87. The Kier molecular flexibility index (Phi) is 4.85. The topological polar surface area (TPSA) is 20.2 Å². The van der Waals surface area contributed by atoms with Crippen molar-refractivity contribution < 1.29 is 0 Å². The third kappa shape index (κ3) is 3.68. The van der Waals surface area contributed by atoms with Crippen molar-refractivity contribution in [3.05, 3.63) is 24.0 Å². The van der Waals surface area contributed by atoms with Crippen LogP contribution in [0.4, 0.5) is 0 Å². The van der Waals surface area contributed by atoms with Crippen LogP contribution in [0.15, 0.2) is 18.3 Å². The molecule has 0 saturated heterocycles.